The summed E-state index contributed by atoms with van der Waals surface area (Å²) in [6.45, 7) is 6.28. The first-order valence-electron chi connectivity index (χ1n) is 7.21. The number of rotatable bonds is 3. The molecule has 22 heavy (non-hydrogen) atoms. The summed E-state index contributed by atoms with van der Waals surface area (Å²) in [6, 6.07) is 7.87. The van der Waals surface area contributed by atoms with E-state index in [0.717, 1.165) is 28.0 Å². The number of hydrogen-bond acceptors (Lipinski definition) is 3. The predicted molar refractivity (Wildman–Crippen MR) is 89.3 cm³/mol. The molecule has 0 radical (unpaired) electrons. The van der Waals surface area contributed by atoms with Gasteiger partial charge < -0.3 is 4.74 Å². The smallest absolute Gasteiger partial charge is 0.154 e. The van der Waals surface area contributed by atoms with Gasteiger partial charge in [-0.2, -0.15) is 5.10 Å². The lowest BCUT2D eigenvalue weighted by atomic mass is 10.1. The van der Waals surface area contributed by atoms with Crippen molar-refractivity contribution in [2.45, 2.75) is 26.7 Å². The zero-order chi connectivity index (χ0) is 15.9. The van der Waals surface area contributed by atoms with Crippen molar-refractivity contribution in [2.75, 3.05) is 7.11 Å². The Kier molecular flexibility index (Phi) is 3.79. The molecule has 0 aliphatic carbocycles. The van der Waals surface area contributed by atoms with Gasteiger partial charge in [0.2, 0.25) is 0 Å². The highest BCUT2D eigenvalue weighted by Gasteiger charge is 2.12. The van der Waals surface area contributed by atoms with Gasteiger partial charge in [-0.05, 0) is 42.7 Å². The molecule has 4 nitrogen and oxygen atoms in total. The molecule has 3 rings (SSSR count). The maximum Gasteiger partial charge on any atom is 0.154 e. The molecular weight excluding hydrogens is 298 g/mol. The van der Waals surface area contributed by atoms with Crippen LogP contribution < -0.4 is 4.74 Å². The number of aryl methyl sites for hydroxylation is 1. The van der Waals surface area contributed by atoms with Gasteiger partial charge in [-0.15, -0.1) is 0 Å². The molecule has 0 atom stereocenters. The van der Waals surface area contributed by atoms with E-state index in [1.807, 2.05) is 37.4 Å². The standard InChI is InChI=1S/C17H18ClN3O/c1-10(2)13-7-8-21(20-13)15-9-11(3)12-5-6-14(22-4)16(18)17(12)19-15/h5-10H,1-4H3. The molecule has 3 aromatic rings. The van der Waals surface area contributed by atoms with Crippen LogP contribution in [0.15, 0.2) is 30.5 Å². The number of pyridine rings is 1. The molecule has 0 aliphatic heterocycles. The second-order valence-electron chi connectivity index (χ2n) is 5.62. The molecule has 2 heterocycles. The third-order valence-corrected chi connectivity index (χ3v) is 4.10. The topological polar surface area (TPSA) is 39.9 Å². The van der Waals surface area contributed by atoms with Gasteiger partial charge in [0.05, 0.1) is 18.3 Å². The highest BCUT2D eigenvalue weighted by Crippen LogP contribution is 2.33. The summed E-state index contributed by atoms with van der Waals surface area (Å²) in [4.78, 5) is 4.68. The fraction of sp³-hybridized carbons (Fsp3) is 0.294. The number of fused-ring (bicyclic) bond motifs is 1. The number of methoxy groups -OCH3 is 1. The summed E-state index contributed by atoms with van der Waals surface area (Å²) in [7, 11) is 1.60. The fourth-order valence-corrected chi connectivity index (χ4v) is 2.72. The van der Waals surface area contributed by atoms with E-state index in [1.165, 1.54) is 0 Å². The minimum atomic E-state index is 0.381. The molecule has 0 bridgehead atoms. The van der Waals surface area contributed by atoms with Gasteiger partial charge in [0.25, 0.3) is 0 Å². The molecule has 0 spiro atoms. The molecule has 0 amide bonds. The summed E-state index contributed by atoms with van der Waals surface area (Å²) >= 11 is 6.41. The normalized spacial score (nSPS) is 11.4. The van der Waals surface area contributed by atoms with E-state index in [1.54, 1.807) is 11.8 Å². The quantitative estimate of drug-likeness (QED) is 0.713. The van der Waals surface area contributed by atoms with Gasteiger partial charge in [-0.25, -0.2) is 9.67 Å². The first-order chi connectivity index (χ1) is 10.5. The number of ether oxygens (including phenoxy) is 1. The minimum Gasteiger partial charge on any atom is -0.495 e. The zero-order valence-electron chi connectivity index (χ0n) is 13.1. The Labute approximate surface area is 134 Å². The number of benzene rings is 1. The van der Waals surface area contributed by atoms with Crippen LogP contribution in [-0.2, 0) is 0 Å². The van der Waals surface area contributed by atoms with E-state index < -0.39 is 0 Å². The van der Waals surface area contributed by atoms with E-state index in [2.05, 4.69) is 23.9 Å². The molecule has 114 valence electrons. The van der Waals surface area contributed by atoms with Crippen molar-refractivity contribution < 1.29 is 4.74 Å². The summed E-state index contributed by atoms with van der Waals surface area (Å²) < 4.78 is 7.07. The van der Waals surface area contributed by atoms with Crippen LogP contribution in [0, 0.1) is 6.92 Å². The Morgan fingerprint density at radius 2 is 2.00 bits per heavy atom. The predicted octanol–water partition coefficient (Wildman–Crippen LogP) is 4.51. The molecular formula is C17H18ClN3O. The van der Waals surface area contributed by atoms with E-state index in [4.69, 9.17) is 16.3 Å². The lowest BCUT2D eigenvalue weighted by molar-refractivity contribution is 0.415. The third-order valence-electron chi connectivity index (χ3n) is 3.73. The van der Waals surface area contributed by atoms with Crippen LogP contribution in [0.25, 0.3) is 16.7 Å². The molecule has 5 heteroatoms. The van der Waals surface area contributed by atoms with Crippen molar-refractivity contribution in [1.82, 2.24) is 14.8 Å². The Bertz CT molecular complexity index is 839. The number of halogens is 1. The SMILES string of the molecule is COc1ccc2c(C)cc(-n3ccc(C(C)C)n3)nc2c1Cl. The van der Waals surface area contributed by atoms with Crippen molar-refractivity contribution in [3.8, 4) is 11.6 Å². The van der Waals surface area contributed by atoms with E-state index in [0.29, 0.717) is 16.7 Å². The Hall–Kier alpha value is -2.07. The Balaban J connectivity index is 2.20. The number of aromatic nitrogens is 3. The summed E-state index contributed by atoms with van der Waals surface area (Å²) in [5.41, 5.74) is 2.88. The van der Waals surface area contributed by atoms with Crippen molar-refractivity contribution >= 4 is 22.5 Å². The molecule has 1 aromatic carbocycles. The molecule has 0 unspecified atom stereocenters. The largest absolute Gasteiger partial charge is 0.495 e. The van der Waals surface area contributed by atoms with Crippen LogP contribution in [-0.4, -0.2) is 21.9 Å². The van der Waals surface area contributed by atoms with Crippen LogP contribution in [0.3, 0.4) is 0 Å². The van der Waals surface area contributed by atoms with Gasteiger partial charge in [0.1, 0.15) is 10.8 Å². The van der Waals surface area contributed by atoms with Crippen LogP contribution in [0.4, 0.5) is 0 Å². The lowest BCUT2D eigenvalue weighted by Crippen LogP contribution is -2.01. The maximum absolute atomic E-state index is 6.41. The van der Waals surface area contributed by atoms with Crippen molar-refractivity contribution in [1.29, 1.82) is 0 Å². The number of nitrogens with zero attached hydrogens (tertiary/aromatic N) is 3. The first-order valence-corrected chi connectivity index (χ1v) is 7.59. The minimum absolute atomic E-state index is 0.381. The molecule has 0 saturated heterocycles. The van der Waals surface area contributed by atoms with E-state index in [9.17, 15) is 0 Å². The molecule has 0 fully saturated rings. The van der Waals surface area contributed by atoms with Gasteiger partial charge in [0.15, 0.2) is 5.82 Å². The van der Waals surface area contributed by atoms with Crippen LogP contribution in [0.5, 0.6) is 5.75 Å². The van der Waals surface area contributed by atoms with Crippen molar-refractivity contribution in [3.63, 3.8) is 0 Å². The lowest BCUT2D eigenvalue weighted by Gasteiger charge is -2.10. The van der Waals surface area contributed by atoms with Gasteiger partial charge in [-0.3, -0.25) is 0 Å². The van der Waals surface area contributed by atoms with Crippen LogP contribution in [0.1, 0.15) is 31.0 Å². The third kappa shape index (κ3) is 2.44. The summed E-state index contributed by atoms with van der Waals surface area (Å²) in [5.74, 6) is 1.76. The highest BCUT2D eigenvalue weighted by atomic mass is 35.5. The molecule has 0 N–H and O–H groups in total. The van der Waals surface area contributed by atoms with Crippen molar-refractivity contribution in [3.05, 3.63) is 46.7 Å². The van der Waals surface area contributed by atoms with Gasteiger partial charge >= 0.3 is 0 Å². The second-order valence-corrected chi connectivity index (χ2v) is 5.99. The van der Waals surface area contributed by atoms with Crippen molar-refractivity contribution in [2.24, 2.45) is 0 Å². The van der Waals surface area contributed by atoms with Crippen LogP contribution in [0.2, 0.25) is 5.02 Å². The maximum atomic E-state index is 6.41. The Morgan fingerprint density at radius 3 is 2.64 bits per heavy atom. The Morgan fingerprint density at radius 1 is 1.23 bits per heavy atom. The van der Waals surface area contributed by atoms with E-state index >= 15 is 0 Å². The highest BCUT2D eigenvalue weighted by molar-refractivity contribution is 6.36. The molecule has 0 saturated carbocycles. The average molecular weight is 316 g/mol. The molecule has 0 aliphatic rings. The average Bonchev–Trinajstić information content (AvgIpc) is 2.98. The zero-order valence-corrected chi connectivity index (χ0v) is 13.8. The van der Waals surface area contributed by atoms with Crippen LogP contribution >= 0.6 is 11.6 Å². The first kappa shape index (κ1) is 14.9. The molecule has 2 aromatic heterocycles. The van der Waals surface area contributed by atoms with Gasteiger partial charge in [0, 0.05) is 11.6 Å². The summed E-state index contributed by atoms with van der Waals surface area (Å²) in [5, 5.41) is 6.13. The van der Waals surface area contributed by atoms with Gasteiger partial charge in [-0.1, -0.05) is 25.4 Å². The summed E-state index contributed by atoms with van der Waals surface area (Å²) in [6.07, 6.45) is 1.93. The number of hydrogen-bond donors (Lipinski definition) is 0. The van der Waals surface area contributed by atoms with E-state index in [-0.39, 0.29) is 0 Å². The fourth-order valence-electron chi connectivity index (χ4n) is 2.44. The second kappa shape index (κ2) is 5.61. The monoisotopic (exact) mass is 315 g/mol.